The van der Waals surface area contributed by atoms with Crippen LogP contribution in [0.1, 0.15) is 33.6 Å². The SMILES string of the molecule is CCC(C)CC(C)NS(=O)(=O)c1cnn(CCNC)c1. The number of rotatable bonds is 9. The van der Waals surface area contributed by atoms with Gasteiger partial charge in [-0.2, -0.15) is 5.10 Å². The molecule has 1 aromatic rings. The Bertz CT molecular complexity index is 498. The molecule has 0 spiro atoms. The van der Waals surface area contributed by atoms with Gasteiger partial charge >= 0.3 is 0 Å². The molecule has 0 aliphatic carbocycles. The van der Waals surface area contributed by atoms with Gasteiger partial charge in [0.15, 0.2) is 0 Å². The van der Waals surface area contributed by atoms with Crippen LogP contribution in [0.5, 0.6) is 0 Å². The highest BCUT2D eigenvalue weighted by Gasteiger charge is 2.20. The minimum Gasteiger partial charge on any atom is -0.318 e. The van der Waals surface area contributed by atoms with Crippen molar-refractivity contribution in [2.45, 2.75) is 51.1 Å². The van der Waals surface area contributed by atoms with Crippen molar-refractivity contribution in [3.8, 4) is 0 Å². The zero-order valence-electron chi connectivity index (χ0n) is 12.8. The van der Waals surface area contributed by atoms with Crippen molar-refractivity contribution < 1.29 is 8.42 Å². The van der Waals surface area contributed by atoms with Crippen LogP contribution in [0.2, 0.25) is 0 Å². The van der Waals surface area contributed by atoms with Crippen LogP contribution in [-0.4, -0.2) is 37.8 Å². The summed E-state index contributed by atoms with van der Waals surface area (Å²) in [5.74, 6) is 0.506. The van der Waals surface area contributed by atoms with E-state index in [4.69, 9.17) is 0 Å². The van der Waals surface area contributed by atoms with Gasteiger partial charge in [0.05, 0.1) is 12.7 Å². The van der Waals surface area contributed by atoms with Crippen LogP contribution in [0.4, 0.5) is 0 Å². The fourth-order valence-corrected chi connectivity index (χ4v) is 3.19. The molecule has 2 N–H and O–H groups in total. The van der Waals surface area contributed by atoms with E-state index in [2.05, 4.69) is 29.0 Å². The van der Waals surface area contributed by atoms with E-state index in [1.54, 1.807) is 10.9 Å². The summed E-state index contributed by atoms with van der Waals surface area (Å²) in [6.45, 7) is 7.53. The van der Waals surface area contributed by atoms with Gasteiger partial charge in [0.2, 0.25) is 10.0 Å². The molecule has 116 valence electrons. The summed E-state index contributed by atoms with van der Waals surface area (Å²) >= 11 is 0. The Kier molecular flexibility index (Phi) is 6.64. The number of aromatic nitrogens is 2. The third kappa shape index (κ3) is 5.22. The molecular formula is C13H26N4O2S. The maximum Gasteiger partial charge on any atom is 0.243 e. The molecule has 0 saturated heterocycles. The van der Waals surface area contributed by atoms with E-state index in [0.717, 1.165) is 19.4 Å². The lowest BCUT2D eigenvalue weighted by atomic mass is 10.0. The molecule has 1 aromatic heterocycles. The molecule has 0 aromatic carbocycles. The van der Waals surface area contributed by atoms with E-state index < -0.39 is 10.0 Å². The van der Waals surface area contributed by atoms with E-state index in [1.165, 1.54) is 6.20 Å². The predicted molar refractivity (Wildman–Crippen MR) is 80.0 cm³/mol. The summed E-state index contributed by atoms with van der Waals surface area (Å²) in [5.41, 5.74) is 0. The molecule has 0 fully saturated rings. The van der Waals surface area contributed by atoms with Gasteiger partial charge in [0.25, 0.3) is 0 Å². The maximum absolute atomic E-state index is 12.2. The molecule has 6 nitrogen and oxygen atoms in total. The molecule has 2 atom stereocenters. The first kappa shape index (κ1) is 17.1. The van der Waals surface area contributed by atoms with Gasteiger partial charge in [-0.1, -0.05) is 20.3 Å². The highest BCUT2D eigenvalue weighted by atomic mass is 32.2. The van der Waals surface area contributed by atoms with Gasteiger partial charge in [-0.25, -0.2) is 13.1 Å². The van der Waals surface area contributed by atoms with Crippen molar-refractivity contribution in [2.75, 3.05) is 13.6 Å². The largest absolute Gasteiger partial charge is 0.318 e. The molecule has 0 radical (unpaired) electrons. The van der Waals surface area contributed by atoms with Crippen LogP contribution in [0.25, 0.3) is 0 Å². The second-order valence-electron chi connectivity index (χ2n) is 5.31. The van der Waals surface area contributed by atoms with Crippen molar-refractivity contribution in [3.05, 3.63) is 12.4 Å². The summed E-state index contributed by atoms with van der Waals surface area (Å²) in [6, 6.07) is -0.0735. The quantitative estimate of drug-likeness (QED) is 0.719. The molecule has 7 heteroatoms. The molecular weight excluding hydrogens is 276 g/mol. The van der Waals surface area contributed by atoms with Crippen molar-refractivity contribution >= 4 is 10.0 Å². The van der Waals surface area contributed by atoms with E-state index >= 15 is 0 Å². The van der Waals surface area contributed by atoms with Gasteiger partial charge in [0.1, 0.15) is 4.90 Å². The van der Waals surface area contributed by atoms with Crippen LogP contribution in [0.15, 0.2) is 17.3 Å². The third-order valence-corrected chi connectivity index (χ3v) is 4.86. The van der Waals surface area contributed by atoms with Crippen molar-refractivity contribution in [2.24, 2.45) is 5.92 Å². The minimum atomic E-state index is -3.47. The second-order valence-corrected chi connectivity index (χ2v) is 7.03. The third-order valence-electron chi connectivity index (χ3n) is 3.32. The fourth-order valence-electron chi connectivity index (χ4n) is 1.98. The summed E-state index contributed by atoms with van der Waals surface area (Å²) in [6.07, 6.45) is 4.85. The average Bonchev–Trinajstić information content (AvgIpc) is 2.84. The van der Waals surface area contributed by atoms with Crippen LogP contribution in [0.3, 0.4) is 0 Å². The number of nitrogens with one attached hydrogen (secondary N) is 2. The zero-order chi connectivity index (χ0) is 15.2. The van der Waals surface area contributed by atoms with Crippen LogP contribution >= 0.6 is 0 Å². The van der Waals surface area contributed by atoms with E-state index in [9.17, 15) is 8.42 Å². The Labute approximate surface area is 122 Å². The van der Waals surface area contributed by atoms with Gasteiger partial charge < -0.3 is 5.32 Å². The smallest absolute Gasteiger partial charge is 0.243 e. The normalized spacial score (nSPS) is 15.2. The number of hydrogen-bond donors (Lipinski definition) is 2. The van der Waals surface area contributed by atoms with Crippen molar-refractivity contribution in [3.63, 3.8) is 0 Å². The first-order chi connectivity index (χ1) is 9.39. The van der Waals surface area contributed by atoms with Gasteiger partial charge in [-0.3, -0.25) is 4.68 Å². The molecule has 2 unspecified atom stereocenters. The molecule has 0 bridgehead atoms. The zero-order valence-corrected chi connectivity index (χ0v) is 13.6. The highest BCUT2D eigenvalue weighted by Crippen LogP contribution is 2.13. The summed E-state index contributed by atoms with van der Waals surface area (Å²) in [4.78, 5) is 0.226. The van der Waals surface area contributed by atoms with E-state index in [0.29, 0.717) is 12.5 Å². The number of sulfonamides is 1. The standard InChI is InChI=1S/C13H26N4O2S/c1-5-11(2)8-12(3)16-20(18,19)13-9-15-17(10-13)7-6-14-4/h9-12,14,16H,5-8H2,1-4H3. The Hall–Kier alpha value is -0.920. The summed E-state index contributed by atoms with van der Waals surface area (Å²) in [5, 5.41) is 7.06. The van der Waals surface area contributed by atoms with E-state index in [1.807, 2.05) is 14.0 Å². The number of nitrogens with zero attached hydrogens (tertiary/aromatic N) is 2. The van der Waals surface area contributed by atoms with E-state index in [-0.39, 0.29) is 10.9 Å². The Morgan fingerprint density at radius 2 is 2.10 bits per heavy atom. The molecule has 0 saturated carbocycles. The predicted octanol–water partition coefficient (Wildman–Crippen LogP) is 1.21. The number of likely N-dealkylation sites (N-methyl/N-ethyl adjacent to an activating group) is 1. The lowest BCUT2D eigenvalue weighted by Crippen LogP contribution is -2.33. The lowest BCUT2D eigenvalue weighted by Gasteiger charge is -2.16. The molecule has 1 heterocycles. The van der Waals surface area contributed by atoms with Gasteiger partial charge in [-0.05, 0) is 26.3 Å². The fraction of sp³-hybridized carbons (Fsp3) is 0.769. The number of hydrogen-bond acceptors (Lipinski definition) is 4. The molecule has 0 aliphatic heterocycles. The molecule has 1 rings (SSSR count). The van der Waals surface area contributed by atoms with Crippen LogP contribution in [0, 0.1) is 5.92 Å². The van der Waals surface area contributed by atoms with Gasteiger partial charge in [0, 0.05) is 18.8 Å². The van der Waals surface area contributed by atoms with Crippen LogP contribution in [-0.2, 0) is 16.6 Å². The maximum atomic E-state index is 12.2. The minimum absolute atomic E-state index is 0.0735. The van der Waals surface area contributed by atoms with Crippen molar-refractivity contribution in [1.82, 2.24) is 19.8 Å². The summed E-state index contributed by atoms with van der Waals surface area (Å²) < 4.78 is 28.8. The average molecular weight is 302 g/mol. The second kappa shape index (κ2) is 7.75. The lowest BCUT2D eigenvalue weighted by molar-refractivity contribution is 0.445. The molecule has 0 aliphatic rings. The Morgan fingerprint density at radius 1 is 1.40 bits per heavy atom. The van der Waals surface area contributed by atoms with Crippen LogP contribution < -0.4 is 10.0 Å². The molecule has 20 heavy (non-hydrogen) atoms. The summed E-state index contributed by atoms with van der Waals surface area (Å²) in [7, 11) is -1.62. The van der Waals surface area contributed by atoms with Crippen molar-refractivity contribution in [1.29, 1.82) is 0 Å². The topological polar surface area (TPSA) is 76.0 Å². The first-order valence-electron chi connectivity index (χ1n) is 7.08. The highest BCUT2D eigenvalue weighted by molar-refractivity contribution is 7.89. The Balaban J connectivity index is 2.66. The molecule has 0 amide bonds. The van der Waals surface area contributed by atoms with Gasteiger partial charge in [-0.15, -0.1) is 0 Å². The monoisotopic (exact) mass is 302 g/mol. The Morgan fingerprint density at radius 3 is 2.70 bits per heavy atom. The first-order valence-corrected chi connectivity index (χ1v) is 8.56.